The molecule has 2 heteroatoms. The highest BCUT2D eigenvalue weighted by atomic mass is 16.5. The SMILES string of the molecule is Cc1ccc(C=O)cc1Oc1cc(C(C)C)ccc1C. The Morgan fingerprint density at radius 2 is 1.55 bits per heavy atom. The first kappa shape index (κ1) is 14.3. The van der Waals surface area contributed by atoms with Crippen LogP contribution in [-0.2, 0) is 0 Å². The van der Waals surface area contributed by atoms with Gasteiger partial charge in [-0.1, -0.05) is 38.1 Å². The number of benzene rings is 2. The second kappa shape index (κ2) is 5.91. The van der Waals surface area contributed by atoms with Crippen LogP contribution in [0.15, 0.2) is 36.4 Å². The summed E-state index contributed by atoms with van der Waals surface area (Å²) >= 11 is 0. The van der Waals surface area contributed by atoms with E-state index in [-0.39, 0.29) is 0 Å². The highest BCUT2D eigenvalue weighted by Crippen LogP contribution is 2.30. The van der Waals surface area contributed by atoms with Crippen molar-refractivity contribution in [3.8, 4) is 11.5 Å². The fourth-order valence-electron chi connectivity index (χ4n) is 2.00. The molecule has 2 aromatic carbocycles. The highest BCUT2D eigenvalue weighted by molar-refractivity contribution is 5.76. The van der Waals surface area contributed by atoms with E-state index < -0.39 is 0 Å². The smallest absolute Gasteiger partial charge is 0.150 e. The van der Waals surface area contributed by atoms with E-state index in [4.69, 9.17) is 4.74 Å². The number of aryl methyl sites for hydroxylation is 2. The van der Waals surface area contributed by atoms with Gasteiger partial charge in [0.1, 0.15) is 17.8 Å². The molecule has 20 heavy (non-hydrogen) atoms. The molecule has 2 rings (SSSR count). The molecule has 0 atom stereocenters. The van der Waals surface area contributed by atoms with E-state index in [0.29, 0.717) is 11.5 Å². The second-order valence-corrected chi connectivity index (χ2v) is 5.42. The van der Waals surface area contributed by atoms with Crippen LogP contribution in [0.25, 0.3) is 0 Å². The third kappa shape index (κ3) is 3.08. The van der Waals surface area contributed by atoms with Crippen LogP contribution in [0.1, 0.15) is 46.8 Å². The van der Waals surface area contributed by atoms with E-state index in [9.17, 15) is 4.79 Å². The van der Waals surface area contributed by atoms with Crippen molar-refractivity contribution >= 4 is 6.29 Å². The minimum absolute atomic E-state index is 0.459. The number of hydrogen-bond acceptors (Lipinski definition) is 2. The Balaban J connectivity index is 2.38. The molecule has 0 aromatic heterocycles. The molecule has 0 saturated carbocycles. The predicted molar refractivity (Wildman–Crippen MR) is 81.9 cm³/mol. The lowest BCUT2D eigenvalue weighted by Gasteiger charge is -2.14. The van der Waals surface area contributed by atoms with Crippen LogP contribution < -0.4 is 4.74 Å². The molecular weight excluding hydrogens is 248 g/mol. The molecule has 2 nitrogen and oxygen atoms in total. The Bertz CT molecular complexity index is 627. The van der Waals surface area contributed by atoms with Crippen molar-refractivity contribution in [2.45, 2.75) is 33.6 Å². The average Bonchev–Trinajstić information content (AvgIpc) is 2.43. The van der Waals surface area contributed by atoms with Gasteiger partial charge >= 0.3 is 0 Å². The molecule has 0 N–H and O–H groups in total. The standard InChI is InChI=1S/C18H20O2/c1-12(2)16-8-6-14(4)18(10-16)20-17-9-15(11-19)7-5-13(17)3/h5-12H,1-4H3. The third-order valence-electron chi connectivity index (χ3n) is 3.45. The van der Waals surface area contributed by atoms with Crippen LogP contribution in [0.4, 0.5) is 0 Å². The molecule has 0 bridgehead atoms. The molecular formula is C18H20O2. The average molecular weight is 268 g/mol. The minimum Gasteiger partial charge on any atom is -0.457 e. The molecule has 0 heterocycles. The monoisotopic (exact) mass is 268 g/mol. The second-order valence-electron chi connectivity index (χ2n) is 5.42. The molecule has 0 radical (unpaired) electrons. The predicted octanol–water partition coefficient (Wildman–Crippen LogP) is 5.03. The van der Waals surface area contributed by atoms with Crippen molar-refractivity contribution in [2.24, 2.45) is 0 Å². The molecule has 0 fully saturated rings. The summed E-state index contributed by atoms with van der Waals surface area (Å²) in [7, 11) is 0. The van der Waals surface area contributed by atoms with E-state index in [1.807, 2.05) is 19.9 Å². The maximum Gasteiger partial charge on any atom is 0.150 e. The zero-order valence-corrected chi connectivity index (χ0v) is 12.4. The van der Waals surface area contributed by atoms with Crippen molar-refractivity contribution in [2.75, 3.05) is 0 Å². The zero-order valence-electron chi connectivity index (χ0n) is 12.4. The van der Waals surface area contributed by atoms with Gasteiger partial charge in [0.15, 0.2) is 0 Å². The molecule has 0 aliphatic rings. The Morgan fingerprint density at radius 1 is 0.950 bits per heavy atom. The number of ether oxygens (including phenoxy) is 1. The van der Waals surface area contributed by atoms with Crippen LogP contribution in [-0.4, -0.2) is 6.29 Å². The Morgan fingerprint density at radius 3 is 2.15 bits per heavy atom. The number of carbonyl (C=O) groups is 1. The van der Waals surface area contributed by atoms with Crippen molar-refractivity contribution < 1.29 is 9.53 Å². The summed E-state index contributed by atoms with van der Waals surface area (Å²) in [6, 6.07) is 11.8. The van der Waals surface area contributed by atoms with Gasteiger partial charge in [-0.3, -0.25) is 4.79 Å². The van der Waals surface area contributed by atoms with E-state index in [0.717, 1.165) is 28.9 Å². The summed E-state index contributed by atoms with van der Waals surface area (Å²) in [5, 5.41) is 0. The van der Waals surface area contributed by atoms with Crippen molar-refractivity contribution in [1.82, 2.24) is 0 Å². The summed E-state index contributed by atoms with van der Waals surface area (Å²) in [5.41, 5.74) is 3.98. The number of rotatable bonds is 4. The first-order chi connectivity index (χ1) is 9.51. The van der Waals surface area contributed by atoms with Gasteiger partial charge in [-0.25, -0.2) is 0 Å². The van der Waals surface area contributed by atoms with E-state index in [2.05, 4.69) is 32.0 Å². The number of aldehydes is 1. The molecule has 0 aliphatic heterocycles. The van der Waals surface area contributed by atoms with Gasteiger partial charge in [-0.2, -0.15) is 0 Å². The Labute approximate surface area is 120 Å². The van der Waals surface area contributed by atoms with Gasteiger partial charge in [-0.05, 0) is 48.6 Å². The van der Waals surface area contributed by atoms with Crippen molar-refractivity contribution in [1.29, 1.82) is 0 Å². The lowest BCUT2D eigenvalue weighted by atomic mass is 10.0. The van der Waals surface area contributed by atoms with Crippen molar-refractivity contribution in [3.63, 3.8) is 0 Å². The molecule has 0 saturated heterocycles. The zero-order chi connectivity index (χ0) is 14.7. The fourth-order valence-corrected chi connectivity index (χ4v) is 2.00. The molecule has 0 aliphatic carbocycles. The summed E-state index contributed by atoms with van der Waals surface area (Å²) in [6.07, 6.45) is 0.837. The molecule has 104 valence electrons. The third-order valence-corrected chi connectivity index (χ3v) is 3.45. The van der Waals surface area contributed by atoms with E-state index >= 15 is 0 Å². The fraction of sp³-hybridized carbons (Fsp3) is 0.278. The quantitative estimate of drug-likeness (QED) is 0.727. The lowest BCUT2D eigenvalue weighted by Crippen LogP contribution is -1.94. The van der Waals surface area contributed by atoms with Crippen molar-refractivity contribution in [3.05, 3.63) is 58.7 Å². The summed E-state index contributed by atoms with van der Waals surface area (Å²) in [6.45, 7) is 8.32. The summed E-state index contributed by atoms with van der Waals surface area (Å²) in [4.78, 5) is 10.9. The van der Waals surface area contributed by atoms with Gasteiger partial charge < -0.3 is 4.74 Å². The maximum absolute atomic E-state index is 10.9. The maximum atomic E-state index is 10.9. The first-order valence-electron chi connectivity index (χ1n) is 6.85. The number of hydrogen-bond donors (Lipinski definition) is 0. The molecule has 0 spiro atoms. The Hall–Kier alpha value is -2.09. The summed E-state index contributed by atoms with van der Waals surface area (Å²) < 4.78 is 6.01. The lowest BCUT2D eigenvalue weighted by molar-refractivity contribution is 0.112. The topological polar surface area (TPSA) is 26.3 Å². The van der Waals surface area contributed by atoms with Crippen LogP contribution in [0.5, 0.6) is 11.5 Å². The van der Waals surface area contributed by atoms with Crippen LogP contribution >= 0.6 is 0 Å². The van der Waals surface area contributed by atoms with Gasteiger partial charge in [0.05, 0.1) is 0 Å². The van der Waals surface area contributed by atoms with Crippen LogP contribution in [0.2, 0.25) is 0 Å². The normalized spacial score (nSPS) is 10.7. The largest absolute Gasteiger partial charge is 0.457 e. The van der Waals surface area contributed by atoms with E-state index in [1.165, 1.54) is 5.56 Å². The van der Waals surface area contributed by atoms with Crippen LogP contribution in [0, 0.1) is 13.8 Å². The van der Waals surface area contributed by atoms with Gasteiger partial charge in [0, 0.05) is 5.56 Å². The molecule has 0 amide bonds. The molecule has 0 unspecified atom stereocenters. The summed E-state index contributed by atoms with van der Waals surface area (Å²) in [5.74, 6) is 2.04. The van der Waals surface area contributed by atoms with Gasteiger partial charge in [0.2, 0.25) is 0 Å². The number of carbonyl (C=O) groups excluding carboxylic acids is 1. The Kier molecular flexibility index (Phi) is 4.23. The van der Waals surface area contributed by atoms with Crippen LogP contribution in [0.3, 0.4) is 0 Å². The first-order valence-corrected chi connectivity index (χ1v) is 6.85. The van der Waals surface area contributed by atoms with Gasteiger partial charge in [-0.15, -0.1) is 0 Å². The highest BCUT2D eigenvalue weighted by Gasteiger charge is 2.08. The molecule has 2 aromatic rings. The van der Waals surface area contributed by atoms with E-state index in [1.54, 1.807) is 12.1 Å². The minimum atomic E-state index is 0.459. The van der Waals surface area contributed by atoms with Gasteiger partial charge in [0.25, 0.3) is 0 Å².